The van der Waals surface area contributed by atoms with Gasteiger partial charge in [-0.05, 0) is 19.4 Å². The summed E-state index contributed by atoms with van der Waals surface area (Å²) in [5.74, 6) is -1.85. The van der Waals surface area contributed by atoms with Crippen molar-refractivity contribution in [2.45, 2.75) is 19.9 Å². The van der Waals surface area contributed by atoms with Crippen molar-refractivity contribution in [3.63, 3.8) is 0 Å². The van der Waals surface area contributed by atoms with Gasteiger partial charge in [-0.2, -0.15) is 0 Å². The van der Waals surface area contributed by atoms with Crippen LogP contribution in [0.25, 0.3) is 10.8 Å². The van der Waals surface area contributed by atoms with Crippen molar-refractivity contribution in [1.82, 2.24) is 9.47 Å². The monoisotopic (exact) mass is 348 g/mol. The molecule has 0 spiro atoms. The van der Waals surface area contributed by atoms with Crippen LogP contribution in [0.5, 0.6) is 0 Å². The lowest BCUT2D eigenvalue weighted by atomic mass is 10.0. The van der Waals surface area contributed by atoms with Gasteiger partial charge in [0.05, 0.1) is 24.2 Å². The topological polar surface area (TPSA) is 71.8 Å². The van der Waals surface area contributed by atoms with Crippen LogP contribution >= 0.6 is 0 Å². The molecule has 25 heavy (non-hydrogen) atoms. The van der Waals surface area contributed by atoms with E-state index in [2.05, 4.69) is 4.90 Å². The lowest BCUT2D eigenvalue weighted by molar-refractivity contribution is 0.0369. The van der Waals surface area contributed by atoms with Gasteiger partial charge in [-0.1, -0.05) is 12.1 Å². The molecule has 2 aromatic rings. The molecule has 1 aliphatic heterocycles. The molecule has 1 aromatic heterocycles. The summed E-state index contributed by atoms with van der Waals surface area (Å²) in [5, 5.41) is 9.54. The number of aromatic nitrogens is 1. The number of morpholine rings is 1. The molecule has 7 heteroatoms. The molecule has 0 bridgehead atoms. The van der Waals surface area contributed by atoms with Crippen LogP contribution < -0.4 is 5.56 Å². The van der Waals surface area contributed by atoms with E-state index in [4.69, 9.17) is 4.74 Å². The first-order chi connectivity index (χ1) is 12.0. The lowest BCUT2D eigenvalue weighted by Crippen LogP contribution is -2.37. The Morgan fingerprint density at radius 1 is 1.28 bits per heavy atom. The van der Waals surface area contributed by atoms with Crippen molar-refractivity contribution in [2.24, 2.45) is 0 Å². The third kappa shape index (κ3) is 3.43. The summed E-state index contributed by atoms with van der Waals surface area (Å²) in [6, 6.07) is 4.09. The molecular weight excluding hydrogens is 327 g/mol. The Kier molecular flexibility index (Phi) is 5.15. The van der Waals surface area contributed by atoms with E-state index in [0.717, 1.165) is 19.6 Å². The van der Waals surface area contributed by atoms with Gasteiger partial charge in [-0.25, -0.2) is 9.18 Å². The van der Waals surface area contributed by atoms with E-state index in [0.29, 0.717) is 31.9 Å². The summed E-state index contributed by atoms with van der Waals surface area (Å²) in [5.41, 5.74) is -0.129. The number of benzene rings is 1. The largest absolute Gasteiger partial charge is 0.478 e. The van der Waals surface area contributed by atoms with Crippen LogP contribution in [0.15, 0.2) is 23.0 Å². The first-order valence-electron chi connectivity index (χ1n) is 8.35. The van der Waals surface area contributed by atoms with Crippen LogP contribution in [0.3, 0.4) is 0 Å². The van der Waals surface area contributed by atoms with Crippen molar-refractivity contribution >= 4 is 16.7 Å². The Labute approximate surface area is 144 Å². The van der Waals surface area contributed by atoms with Crippen molar-refractivity contribution in [2.75, 3.05) is 32.8 Å². The van der Waals surface area contributed by atoms with E-state index < -0.39 is 17.3 Å². The molecule has 2 heterocycles. The second-order valence-electron chi connectivity index (χ2n) is 6.19. The second kappa shape index (κ2) is 7.33. The van der Waals surface area contributed by atoms with Crippen LogP contribution in [0.1, 0.15) is 22.5 Å². The lowest BCUT2D eigenvalue weighted by Gasteiger charge is -2.26. The van der Waals surface area contributed by atoms with Gasteiger partial charge >= 0.3 is 5.97 Å². The molecule has 1 aromatic carbocycles. The molecule has 0 unspecified atom stereocenters. The highest BCUT2D eigenvalue weighted by atomic mass is 19.1. The average Bonchev–Trinajstić information content (AvgIpc) is 2.58. The number of hydrogen-bond donors (Lipinski definition) is 1. The molecule has 0 radical (unpaired) electrons. The van der Waals surface area contributed by atoms with Crippen molar-refractivity contribution in [3.05, 3.63) is 45.6 Å². The van der Waals surface area contributed by atoms with Crippen LogP contribution in [-0.2, 0) is 11.3 Å². The Bertz CT molecular complexity index is 856. The number of ether oxygens (including phenoxy) is 1. The normalized spacial score (nSPS) is 15.6. The zero-order chi connectivity index (χ0) is 18.0. The summed E-state index contributed by atoms with van der Waals surface area (Å²) in [6.07, 6.45) is 0.680. The van der Waals surface area contributed by atoms with E-state index in [1.807, 2.05) is 0 Å². The highest BCUT2D eigenvalue weighted by molar-refractivity contribution is 6.04. The third-order valence-electron chi connectivity index (χ3n) is 4.68. The molecule has 1 N–H and O–H groups in total. The average molecular weight is 348 g/mol. The fourth-order valence-corrected chi connectivity index (χ4v) is 3.38. The maximum Gasteiger partial charge on any atom is 0.338 e. The van der Waals surface area contributed by atoms with Crippen molar-refractivity contribution in [1.29, 1.82) is 0 Å². The summed E-state index contributed by atoms with van der Waals surface area (Å²) in [4.78, 5) is 26.6. The minimum absolute atomic E-state index is 0.0135. The SMILES string of the molecule is Cc1c(C(=O)O)c2cccc(F)c2c(=O)n1CCCN1CCOCC1. The molecule has 134 valence electrons. The number of nitrogens with zero attached hydrogens (tertiary/aromatic N) is 2. The number of carbonyl (C=O) groups is 1. The Balaban J connectivity index is 1.95. The van der Waals surface area contributed by atoms with Crippen molar-refractivity contribution in [3.8, 4) is 0 Å². The van der Waals surface area contributed by atoms with Gasteiger partial charge in [0, 0.05) is 37.3 Å². The standard InChI is InChI=1S/C18H21FN2O4/c1-12-15(18(23)24)13-4-2-5-14(19)16(13)17(22)21(12)7-3-6-20-8-10-25-11-9-20/h2,4-5H,3,6-11H2,1H3,(H,23,24). The highest BCUT2D eigenvalue weighted by Gasteiger charge is 2.21. The molecule has 6 nitrogen and oxygen atoms in total. The fraction of sp³-hybridized carbons (Fsp3) is 0.444. The maximum absolute atomic E-state index is 14.2. The Morgan fingerprint density at radius 3 is 2.68 bits per heavy atom. The number of aromatic carboxylic acids is 1. The van der Waals surface area contributed by atoms with Gasteiger partial charge in [0.25, 0.3) is 5.56 Å². The number of hydrogen-bond acceptors (Lipinski definition) is 4. The van der Waals surface area contributed by atoms with E-state index in [1.165, 1.54) is 22.8 Å². The molecule has 0 saturated carbocycles. The Morgan fingerprint density at radius 2 is 2.00 bits per heavy atom. The minimum Gasteiger partial charge on any atom is -0.478 e. The first-order valence-corrected chi connectivity index (χ1v) is 8.35. The van der Waals surface area contributed by atoms with E-state index in [-0.39, 0.29) is 16.3 Å². The molecule has 1 aliphatic rings. The van der Waals surface area contributed by atoms with Gasteiger partial charge in [0.2, 0.25) is 0 Å². The molecule has 1 saturated heterocycles. The van der Waals surface area contributed by atoms with Crippen LogP contribution in [0, 0.1) is 12.7 Å². The number of rotatable bonds is 5. The molecule has 0 aliphatic carbocycles. The Hall–Kier alpha value is -2.25. The fourth-order valence-electron chi connectivity index (χ4n) is 3.38. The minimum atomic E-state index is -1.16. The number of pyridine rings is 1. The zero-order valence-electron chi connectivity index (χ0n) is 14.1. The maximum atomic E-state index is 14.2. The van der Waals surface area contributed by atoms with Gasteiger partial charge in [0.1, 0.15) is 5.82 Å². The van der Waals surface area contributed by atoms with Gasteiger partial charge in [-0.15, -0.1) is 0 Å². The smallest absolute Gasteiger partial charge is 0.338 e. The van der Waals surface area contributed by atoms with Crippen molar-refractivity contribution < 1.29 is 19.0 Å². The molecule has 0 amide bonds. The molecular formula is C18H21FN2O4. The van der Waals surface area contributed by atoms with Crippen LogP contribution in [0.4, 0.5) is 4.39 Å². The zero-order valence-corrected chi connectivity index (χ0v) is 14.1. The first kappa shape index (κ1) is 17.6. The van der Waals surface area contributed by atoms with Gasteiger partial charge in [0.15, 0.2) is 0 Å². The predicted octanol–water partition coefficient (Wildman–Crippen LogP) is 1.87. The van der Waals surface area contributed by atoms with E-state index in [1.54, 1.807) is 6.92 Å². The number of fused-ring (bicyclic) bond motifs is 1. The van der Waals surface area contributed by atoms with Crippen LogP contribution in [0.2, 0.25) is 0 Å². The summed E-state index contributed by atoms with van der Waals surface area (Å²) >= 11 is 0. The quantitative estimate of drug-likeness (QED) is 0.893. The van der Waals surface area contributed by atoms with E-state index in [9.17, 15) is 19.1 Å². The summed E-state index contributed by atoms with van der Waals surface area (Å²) in [6.45, 7) is 5.83. The summed E-state index contributed by atoms with van der Waals surface area (Å²) < 4.78 is 20.9. The van der Waals surface area contributed by atoms with E-state index >= 15 is 0 Å². The molecule has 1 fully saturated rings. The molecule has 3 rings (SSSR count). The summed E-state index contributed by atoms with van der Waals surface area (Å²) in [7, 11) is 0. The number of carboxylic acids is 1. The predicted molar refractivity (Wildman–Crippen MR) is 91.7 cm³/mol. The number of halogens is 1. The molecule has 0 atom stereocenters. The second-order valence-corrected chi connectivity index (χ2v) is 6.19. The highest BCUT2D eigenvalue weighted by Crippen LogP contribution is 2.22. The van der Waals surface area contributed by atoms with Gasteiger partial charge < -0.3 is 14.4 Å². The third-order valence-corrected chi connectivity index (χ3v) is 4.68. The number of carboxylic acid groups (broad SMARTS) is 1. The van der Waals surface area contributed by atoms with Gasteiger partial charge in [-0.3, -0.25) is 9.69 Å². The van der Waals surface area contributed by atoms with Crippen LogP contribution in [-0.4, -0.2) is 53.4 Å².